The Morgan fingerprint density at radius 2 is 1.13 bits per heavy atom. The van der Waals surface area contributed by atoms with Crippen LogP contribution >= 0.6 is 11.3 Å². The molecule has 54 heavy (non-hydrogen) atoms. The summed E-state index contributed by atoms with van der Waals surface area (Å²) in [7, 11) is 0. The third-order valence-electron chi connectivity index (χ3n) is 10.2. The molecule has 0 aliphatic heterocycles. The molecule has 0 aliphatic rings. The molecule has 2 aromatic heterocycles. The van der Waals surface area contributed by atoms with Gasteiger partial charge in [0.15, 0.2) is 0 Å². The molecule has 0 saturated carbocycles. The highest BCUT2D eigenvalue weighted by molar-refractivity contribution is 7.25. The average molecular weight is 715 g/mol. The van der Waals surface area contributed by atoms with Crippen molar-refractivity contribution in [2.45, 2.75) is 0 Å². The maximum absolute atomic E-state index is 8.94. The molecule has 0 fully saturated rings. The first-order valence-electron chi connectivity index (χ1n) is 22.6. The molecule has 0 aliphatic carbocycles. The van der Waals surface area contributed by atoms with Gasteiger partial charge in [-0.3, -0.25) is 4.57 Å². The molecule has 0 bridgehead atoms. The van der Waals surface area contributed by atoms with Crippen molar-refractivity contribution in [1.82, 2.24) is 9.55 Å². The number of fused-ring (bicyclic) bond motifs is 6. The zero-order valence-electron chi connectivity index (χ0n) is 38.5. The van der Waals surface area contributed by atoms with E-state index < -0.39 is 36.3 Å². The zero-order valence-corrected chi connectivity index (χ0v) is 29.3. The van der Waals surface area contributed by atoms with Gasteiger partial charge in [0, 0.05) is 31.4 Å². The van der Waals surface area contributed by atoms with E-state index in [4.69, 9.17) is 18.7 Å². The maximum Gasteiger partial charge on any atom is 0.145 e. The van der Waals surface area contributed by atoms with E-state index in [1.165, 1.54) is 0 Å². The number of para-hydroxylation sites is 2. The number of benzene rings is 9. The Balaban J connectivity index is 1.25. The van der Waals surface area contributed by atoms with E-state index in [0.717, 1.165) is 64.0 Å². The van der Waals surface area contributed by atoms with Crippen LogP contribution in [0.3, 0.4) is 0 Å². The van der Waals surface area contributed by atoms with Gasteiger partial charge in [0.05, 0.1) is 24.7 Å². The van der Waals surface area contributed by atoms with E-state index in [1.54, 1.807) is 11.3 Å². The molecular weight excluding hydrogens is 673 g/mol. The summed E-state index contributed by atoms with van der Waals surface area (Å²) in [5.41, 5.74) is 6.17. The lowest BCUT2D eigenvalue weighted by atomic mass is 9.84. The molecule has 0 atom stereocenters. The molecular formula is C51H32N2S. The minimum Gasteiger partial charge on any atom is -0.292 e. The fourth-order valence-electron chi connectivity index (χ4n) is 7.93. The van der Waals surface area contributed by atoms with Crippen LogP contribution in [0.5, 0.6) is 0 Å². The lowest BCUT2D eigenvalue weighted by Crippen LogP contribution is -1.98. The molecule has 2 heterocycles. The third kappa shape index (κ3) is 4.83. The van der Waals surface area contributed by atoms with E-state index in [9.17, 15) is 0 Å². The summed E-state index contributed by atoms with van der Waals surface area (Å²) in [6.45, 7) is 0. The quantitative estimate of drug-likeness (QED) is 0.162. The highest BCUT2D eigenvalue weighted by Gasteiger charge is 2.21. The van der Waals surface area contributed by atoms with E-state index >= 15 is 0 Å². The minimum atomic E-state index is -0.483. The number of rotatable bonds is 5. The first-order valence-corrected chi connectivity index (χ1v) is 18.4. The van der Waals surface area contributed by atoms with E-state index in [-0.39, 0.29) is 41.1 Å². The summed E-state index contributed by atoms with van der Waals surface area (Å²) in [5, 5.41) is 5.81. The lowest BCUT2D eigenvalue weighted by Gasteiger charge is -2.20. The second-order valence-electron chi connectivity index (χ2n) is 13.1. The predicted molar refractivity (Wildman–Crippen MR) is 231 cm³/mol. The van der Waals surface area contributed by atoms with E-state index in [1.807, 2.05) is 95.6 Å². The molecule has 2 nitrogen and oxygen atoms in total. The van der Waals surface area contributed by atoms with Gasteiger partial charge in [0.1, 0.15) is 5.82 Å². The highest BCUT2D eigenvalue weighted by Crippen LogP contribution is 2.49. The van der Waals surface area contributed by atoms with Gasteiger partial charge in [-0.2, -0.15) is 0 Å². The van der Waals surface area contributed by atoms with E-state index in [0.29, 0.717) is 22.3 Å². The van der Waals surface area contributed by atoms with E-state index in [2.05, 4.69) is 42.5 Å². The van der Waals surface area contributed by atoms with Crippen LogP contribution in [0.4, 0.5) is 0 Å². The average Bonchev–Trinajstić information content (AvgIpc) is 3.90. The zero-order chi connectivity index (χ0) is 44.3. The van der Waals surface area contributed by atoms with Gasteiger partial charge in [0.25, 0.3) is 0 Å². The molecule has 0 N–H and O–H groups in total. The van der Waals surface area contributed by atoms with Crippen molar-refractivity contribution in [2.24, 2.45) is 0 Å². The largest absolute Gasteiger partial charge is 0.292 e. The number of imidazole rings is 1. The van der Waals surface area contributed by atoms with Crippen LogP contribution in [0.15, 0.2) is 194 Å². The molecule has 252 valence electrons. The van der Waals surface area contributed by atoms with Crippen molar-refractivity contribution in [3.05, 3.63) is 194 Å². The number of thiophene rings is 1. The Labute approximate surface area is 330 Å². The highest BCUT2D eigenvalue weighted by atomic mass is 32.1. The van der Waals surface area contributed by atoms with Crippen LogP contribution in [0.1, 0.15) is 13.7 Å². The summed E-state index contributed by atoms with van der Waals surface area (Å²) in [6.07, 6.45) is 0. The monoisotopic (exact) mass is 714 g/mol. The van der Waals surface area contributed by atoms with Gasteiger partial charge < -0.3 is 0 Å². The van der Waals surface area contributed by atoms with Crippen molar-refractivity contribution in [3.63, 3.8) is 0 Å². The first-order chi connectivity index (χ1) is 30.9. The summed E-state index contributed by atoms with van der Waals surface area (Å²) in [6, 6.07) is 40.0. The standard InChI is InChI=1S/C51H32N2S/c1-3-15-33(16-4-1)35-29-30-40-43(32-35)49(42-24-14-28-47-50(42)41-23-9-12-27-46(41)54-47)39-22-8-7-21-38(39)48(40)36-19-13-20-37(31-36)53-45-26-11-10-25-44(45)52-51(53)34-17-5-2-6-18-34/h1-32H/i1D,2D,3D,4D,5D,6D,15D,16D,17D,18D. The Bertz CT molecular complexity index is 3760. The van der Waals surface area contributed by atoms with Crippen LogP contribution in [-0.4, -0.2) is 9.55 Å². The van der Waals surface area contributed by atoms with Crippen LogP contribution in [0.25, 0.3) is 103 Å². The normalized spacial score (nSPS) is 14.3. The van der Waals surface area contributed by atoms with Crippen LogP contribution in [0.2, 0.25) is 0 Å². The molecule has 0 radical (unpaired) electrons. The van der Waals surface area contributed by atoms with Crippen LogP contribution < -0.4 is 0 Å². The SMILES string of the molecule is [2H]c1c([2H])c([2H])c(-c2ccc3c(-c4cccc(-n5c(-c6c([2H])c([2H])c([2H])c([2H])c6[2H])nc6ccccc65)c4)c4ccccc4c(-c4cccc5sc6ccccc6c45)c3c2)c([2H])c1[2H]. The summed E-state index contributed by atoms with van der Waals surface area (Å²) in [4.78, 5) is 4.88. The Kier molecular flexibility index (Phi) is 5.12. The number of hydrogen-bond donors (Lipinski definition) is 0. The van der Waals surface area contributed by atoms with Gasteiger partial charge in [-0.1, -0.05) is 151 Å². The molecule has 0 saturated heterocycles. The fourth-order valence-corrected chi connectivity index (χ4v) is 9.06. The summed E-state index contributed by atoms with van der Waals surface area (Å²) >= 11 is 1.72. The number of aromatic nitrogens is 2. The topological polar surface area (TPSA) is 17.8 Å². The number of hydrogen-bond acceptors (Lipinski definition) is 2. The Morgan fingerprint density at radius 3 is 1.96 bits per heavy atom. The fraction of sp³-hybridized carbons (Fsp3) is 0. The molecule has 3 heteroatoms. The van der Waals surface area contributed by atoms with Crippen LogP contribution in [-0.2, 0) is 0 Å². The first kappa shape index (κ1) is 22.3. The lowest BCUT2D eigenvalue weighted by molar-refractivity contribution is 1.10. The third-order valence-corrected chi connectivity index (χ3v) is 11.3. The Morgan fingerprint density at radius 1 is 0.463 bits per heavy atom. The van der Waals surface area contributed by atoms with Gasteiger partial charge >= 0.3 is 0 Å². The molecule has 11 rings (SSSR count). The van der Waals surface area contributed by atoms with Gasteiger partial charge in [-0.05, 0) is 97.4 Å². The molecule has 0 spiro atoms. The smallest absolute Gasteiger partial charge is 0.145 e. The van der Waals surface area contributed by atoms with Gasteiger partial charge in [0.2, 0.25) is 0 Å². The second kappa shape index (κ2) is 12.4. The molecule has 0 unspecified atom stereocenters. The van der Waals surface area contributed by atoms with Gasteiger partial charge in [-0.25, -0.2) is 4.98 Å². The minimum absolute atomic E-state index is 0.0110. The van der Waals surface area contributed by atoms with Crippen molar-refractivity contribution in [3.8, 4) is 50.5 Å². The van der Waals surface area contributed by atoms with Crippen LogP contribution in [0, 0.1) is 0 Å². The summed E-state index contributed by atoms with van der Waals surface area (Å²) < 4.78 is 90.4. The summed E-state index contributed by atoms with van der Waals surface area (Å²) in [5.74, 6) is 0.208. The second-order valence-corrected chi connectivity index (χ2v) is 14.2. The van der Waals surface area contributed by atoms with Crippen molar-refractivity contribution in [1.29, 1.82) is 0 Å². The van der Waals surface area contributed by atoms with Crippen molar-refractivity contribution >= 4 is 64.1 Å². The van der Waals surface area contributed by atoms with Gasteiger partial charge in [-0.15, -0.1) is 11.3 Å². The molecule has 9 aromatic carbocycles. The van der Waals surface area contributed by atoms with Crippen molar-refractivity contribution < 1.29 is 13.7 Å². The van der Waals surface area contributed by atoms with Crippen molar-refractivity contribution in [2.75, 3.05) is 0 Å². The predicted octanol–water partition coefficient (Wildman–Crippen LogP) is 14.4. The molecule has 11 aromatic rings. The Hall–Kier alpha value is -6.81. The number of nitrogens with zero attached hydrogens (tertiary/aromatic N) is 2. The maximum atomic E-state index is 8.94. The molecule has 0 amide bonds.